The summed E-state index contributed by atoms with van der Waals surface area (Å²) in [4.78, 5) is 133. The Bertz CT molecular complexity index is 2130. The van der Waals surface area contributed by atoms with Crippen LogP contribution in [0.15, 0.2) is 24.3 Å². The Morgan fingerprint density at radius 2 is 1.50 bits per heavy atom. The van der Waals surface area contributed by atoms with E-state index in [-0.39, 0.29) is 62.3 Å². The molecule has 0 radical (unpaired) electrons. The maximum atomic E-state index is 14.9. The second-order valence-electron chi connectivity index (χ2n) is 22.1. The van der Waals surface area contributed by atoms with E-state index in [0.29, 0.717) is 30.7 Å². The van der Waals surface area contributed by atoms with E-state index in [1.165, 1.54) is 49.8 Å². The average molecular weight is 1040 g/mol. The largest absolute Gasteiger partial charge is 0.497 e. The molecule has 1 aromatic rings. The molecule has 5 N–H and O–H groups in total. The third-order valence-corrected chi connectivity index (χ3v) is 14.2. The molecule has 11 atom stereocenters. The minimum Gasteiger partial charge on any atom is -0.497 e. The molecule has 0 bridgehead atoms. The van der Waals surface area contributed by atoms with Crippen molar-refractivity contribution < 1.29 is 62.5 Å². The first-order chi connectivity index (χ1) is 34.7. The van der Waals surface area contributed by atoms with Gasteiger partial charge in [-0.1, -0.05) is 67.5 Å². The molecule has 0 aliphatic carbocycles. The second kappa shape index (κ2) is 27.8. The number of ketones is 1. The third-order valence-electron chi connectivity index (χ3n) is 14.2. The van der Waals surface area contributed by atoms with Gasteiger partial charge in [0, 0.05) is 27.1 Å². The van der Waals surface area contributed by atoms with E-state index in [1.54, 1.807) is 38.1 Å². The number of methoxy groups -OCH3 is 1. The topological polar surface area (TPSA) is 259 Å². The van der Waals surface area contributed by atoms with E-state index < -0.39 is 126 Å². The highest BCUT2D eigenvalue weighted by Crippen LogP contribution is 2.26. The standard InChI is InChI=1S/C54H85N7O13/c1-29(2)24-38-43(62)28-44(63)74-47(32(7)8)46(64)33(9)48(65)57-39(25-30(3)4)52(69)61-23-15-17-40(61)53(70)60(12)42(27-35-18-20-36(72-13)21-19-35)54(71)73-34(10)45(50(67)56-38)58-49(66)41(26-31(5)6)59(11)51(68)37-16-14-22-55-37/h18-21,29-34,37-43,45,47,55,62H,14-17,22-28H2,1-13H3,(H,56,67)(H,57,65)(H,58,66). The fraction of sp³-hybridized carbons (Fsp3) is 0.722. The average Bonchev–Trinajstić information content (AvgIpc) is 4.07. The molecule has 20 nitrogen and oxygen atoms in total. The highest BCUT2D eigenvalue weighted by atomic mass is 16.6. The fourth-order valence-electron chi connectivity index (χ4n) is 9.88. The van der Waals surface area contributed by atoms with Crippen LogP contribution in [0.1, 0.15) is 126 Å². The molecule has 20 heteroatoms. The number of nitrogens with one attached hydrogen (secondary N) is 4. The SMILES string of the molecule is COc1ccc(CC2C(=O)OC(C)C(NC(=O)C(CC(C)C)N(C)C(=O)C3CCCN3)C(=O)NC(CC(C)C)C(O)CC(=O)OC(C(C)C)C(=O)C(C)C(=O)NC(CC(C)C)C(=O)N3CCCC3C(=O)N2C)cc1. The van der Waals surface area contributed by atoms with Gasteiger partial charge < -0.3 is 55.3 Å². The number of likely N-dealkylation sites (N-methyl/N-ethyl adjacent to an activating group) is 2. The Morgan fingerprint density at radius 1 is 0.851 bits per heavy atom. The van der Waals surface area contributed by atoms with E-state index in [1.807, 2.05) is 41.5 Å². The molecule has 6 amide bonds. The summed E-state index contributed by atoms with van der Waals surface area (Å²) < 4.78 is 17.2. The lowest BCUT2D eigenvalue weighted by Gasteiger charge is -2.36. The Kier molecular flexibility index (Phi) is 22.9. The maximum absolute atomic E-state index is 14.9. The zero-order chi connectivity index (χ0) is 55.3. The Morgan fingerprint density at radius 3 is 2.07 bits per heavy atom. The highest BCUT2D eigenvalue weighted by Gasteiger charge is 2.45. The number of aliphatic hydroxyl groups is 1. The van der Waals surface area contributed by atoms with Crippen LogP contribution in [0.4, 0.5) is 0 Å². The molecule has 74 heavy (non-hydrogen) atoms. The lowest BCUT2D eigenvalue weighted by molar-refractivity contribution is -0.163. The number of ether oxygens (including phenoxy) is 3. The first-order valence-electron chi connectivity index (χ1n) is 26.5. The molecule has 3 aliphatic heterocycles. The monoisotopic (exact) mass is 1040 g/mol. The molecule has 1 aromatic carbocycles. The van der Waals surface area contributed by atoms with Gasteiger partial charge in [0.25, 0.3) is 0 Å². The molecule has 3 aliphatic rings. The molecular formula is C54H85N7O13. The Labute approximate surface area is 437 Å². The molecule has 414 valence electrons. The Balaban J connectivity index is 1.87. The molecule has 3 fully saturated rings. The predicted molar refractivity (Wildman–Crippen MR) is 275 cm³/mol. The van der Waals surface area contributed by atoms with Crippen molar-refractivity contribution >= 4 is 53.2 Å². The van der Waals surface area contributed by atoms with E-state index in [0.717, 1.165) is 6.42 Å². The van der Waals surface area contributed by atoms with Crippen LogP contribution in [0, 0.1) is 29.6 Å². The highest BCUT2D eigenvalue weighted by molar-refractivity contribution is 6.05. The number of carbonyl (C=O) groups is 9. The van der Waals surface area contributed by atoms with Crippen LogP contribution in [0.25, 0.3) is 0 Å². The zero-order valence-electron chi connectivity index (χ0n) is 45.9. The van der Waals surface area contributed by atoms with Gasteiger partial charge in [-0.25, -0.2) is 4.79 Å². The van der Waals surface area contributed by atoms with Crippen molar-refractivity contribution in [2.75, 3.05) is 34.3 Å². The van der Waals surface area contributed by atoms with E-state index in [9.17, 15) is 48.3 Å². The van der Waals surface area contributed by atoms with Crippen LogP contribution in [-0.4, -0.2) is 168 Å². The number of fused-ring (bicyclic) bond motifs is 1. The lowest BCUT2D eigenvalue weighted by atomic mass is 9.92. The van der Waals surface area contributed by atoms with Gasteiger partial charge in [-0.05, 0) is 107 Å². The number of aliphatic hydroxyl groups excluding tert-OH is 1. The van der Waals surface area contributed by atoms with Crippen molar-refractivity contribution in [1.82, 2.24) is 36.0 Å². The Hall–Kier alpha value is -5.63. The molecule has 11 unspecified atom stereocenters. The molecule has 0 aromatic heterocycles. The summed E-state index contributed by atoms with van der Waals surface area (Å²) >= 11 is 0. The summed E-state index contributed by atoms with van der Waals surface area (Å²) in [5.74, 6) is -8.37. The number of nitrogens with zero attached hydrogens (tertiary/aromatic N) is 3. The normalized spacial score (nSPS) is 27.9. The summed E-state index contributed by atoms with van der Waals surface area (Å²) in [7, 11) is 4.46. The molecule has 4 rings (SSSR count). The van der Waals surface area contributed by atoms with Crippen molar-refractivity contribution in [3.8, 4) is 5.75 Å². The lowest BCUT2D eigenvalue weighted by Crippen LogP contribution is -2.61. The number of rotatable bonds is 14. The predicted octanol–water partition coefficient (Wildman–Crippen LogP) is 2.70. The number of carbonyl (C=O) groups excluding carboxylic acids is 9. The second-order valence-corrected chi connectivity index (χ2v) is 22.1. The number of cyclic esters (lactones) is 2. The summed E-state index contributed by atoms with van der Waals surface area (Å²) in [5.41, 5.74) is 0.604. The summed E-state index contributed by atoms with van der Waals surface area (Å²) in [6.45, 7) is 18.0. The van der Waals surface area contributed by atoms with Gasteiger partial charge in [0.05, 0.1) is 37.6 Å². The van der Waals surface area contributed by atoms with Gasteiger partial charge in [0.1, 0.15) is 42.1 Å². The maximum Gasteiger partial charge on any atom is 0.329 e. The smallest absolute Gasteiger partial charge is 0.329 e. The number of Topliss-reactive ketones (excluding diaryl/α,β-unsaturated/α-hetero) is 1. The van der Waals surface area contributed by atoms with Gasteiger partial charge in [0.15, 0.2) is 11.9 Å². The van der Waals surface area contributed by atoms with Crippen molar-refractivity contribution in [3.63, 3.8) is 0 Å². The van der Waals surface area contributed by atoms with Gasteiger partial charge >= 0.3 is 11.9 Å². The molecule has 3 saturated heterocycles. The molecule has 0 saturated carbocycles. The molecule has 0 spiro atoms. The van der Waals surface area contributed by atoms with Crippen molar-refractivity contribution in [1.29, 1.82) is 0 Å². The van der Waals surface area contributed by atoms with Crippen LogP contribution < -0.4 is 26.0 Å². The number of hydrogen-bond acceptors (Lipinski definition) is 14. The third kappa shape index (κ3) is 16.4. The summed E-state index contributed by atoms with van der Waals surface area (Å²) in [6, 6.07) is -1.15. The van der Waals surface area contributed by atoms with Crippen LogP contribution in [0.2, 0.25) is 0 Å². The van der Waals surface area contributed by atoms with Gasteiger partial charge in [-0.15, -0.1) is 0 Å². The summed E-state index contributed by atoms with van der Waals surface area (Å²) in [6.07, 6.45) is -2.76. The minimum absolute atomic E-state index is 0.0890. The first kappa shape index (κ1) is 60.9. The van der Waals surface area contributed by atoms with Crippen molar-refractivity contribution in [2.24, 2.45) is 29.6 Å². The molecule has 3 heterocycles. The van der Waals surface area contributed by atoms with Crippen LogP contribution >= 0.6 is 0 Å². The zero-order valence-corrected chi connectivity index (χ0v) is 45.9. The number of benzene rings is 1. The van der Waals surface area contributed by atoms with Crippen LogP contribution in [-0.2, 0) is 59.0 Å². The summed E-state index contributed by atoms with van der Waals surface area (Å²) in [5, 5.41) is 23.2. The fourth-order valence-corrected chi connectivity index (χ4v) is 9.88. The van der Waals surface area contributed by atoms with Gasteiger partial charge in [0.2, 0.25) is 35.4 Å². The quantitative estimate of drug-likeness (QED) is 0.133. The van der Waals surface area contributed by atoms with Crippen LogP contribution in [0.3, 0.4) is 0 Å². The molecular weight excluding hydrogens is 955 g/mol. The van der Waals surface area contributed by atoms with Gasteiger partial charge in [-0.2, -0.15) is 0 Å². The van der Waals surface area contributed by atoms with Gasteiger partial charge in [-0.3, -0.25) is 38.4 Å². The van der Waals surface area contributed by atoms with Crippen molar-refractivity contribution in [3.05, 3.63) is 29.8 Å². The van der Waals surface area contributed by atoms with E-state index in [2.05, 4.69) is 21.3 Å². The number of esters is 2. The van der Waals surface area contributed by atoms with Crippen molar-refractivity contribution in [2.45, 2.75) is 188 Å². The van der Waals surface area contributed by atoms with E-state index in [4.69, 9.17) is 14.2 Å². The first-order valence-corrected chi connectivity index (χ1v) is 26.5. The van der Waals surface area contributed by atoms with E-state index >= 15 is 0 Å². The number of amides is 6. The minimum atomic E-state index is -1.66. The number of hydrogen-bond donors (Lipinski definition) is 5. The van der Waals surface area contributed by atoms with Crippen LogP contribution in [0.5, 0.6) is 5.75 Å².